The van der Waals surface area contributed by atoms with Crippen LogP contribution in [0.1, 0.15) is 25.6 Å². The molecule has 0 aromatic carbocycles. The Labute approximate surface area is 102 Å². The van der Waals surface area contributed by atoms with Crippen LogP contribution in [0, 0.1) is 5.92 Å². The monoisotopic (exact) mass is 242 g/mol. The predicted molar refractivity (Wildman–Crippen MR) is 64.4 cm³/mol. The van der Waals surface area contributed by atoms with Gasteiger partial charge in [0, 0.05) is 19.0 Å². The molecule has 1 aromatic rings. The highest BCUT2D eigenvalue weighted by Crippen LogP contribution is 2.18. The Morgan fingerprint density at radius 2 is 2.44 bits per heavy atom. The van der Waals surface area contributed by atoms with Gasteiger partial charge in [-0.1, -0.05) is 6.92 Å². The van der Waals surface area contributed by atoms with Gasteiger partial charge in [0.15, 0.2) is 0 Å². The van der Waals surface area contributed by atoms with E-state index in [1.807, 2.05) is 4.68 Å². The van der Waals surface area contributed by atoms with Crippen molar-refractivity contribution in [3.63, 3.8) is 0 Å². The zero-order valence-electron chi connectivity index (χ0n) is 9.77. The van der Waals surface area contributed by atoms with Crippen molar-refractivity contribution in [1.29, 1.82) is 0 Å². The van der Waals surface area contributed by atoms with E-state index in [0.29, 0.717) is 5.92 Å². The molecule has 1 fully saturated rings. The molecule has 0 bridgehead atoms. The Kier molecular flexibility index (Phi) is 4.18. The molecule has 2 heterocycles. The second-order valence-corrected chi connectivity index (χ2v) is 4.75. The Bertz CT molecular complexity index is 326. The standard InChI is InChI=1S/C11H19ClN4/c1-2-4-16-11(13-9-14-16)8-15-5-3-10(6-12)7-15/h9-10H,2-8H2,1H3. The lowest BCUT2D eigenvalue weighted by Crippen LogP contribution is -2.23. The third-order valence-corrected chi connectivity index (χ3v) is 3.52. The van der Waals surface area contributed by atoms with Crippen LogP contribution in [0.4, 0.5) is 0 Å². The lowest BCUT2D eigenvalue weighted by molar-refractivity contribution is 0.304. The largest absolute Gasteiger partial charge is 0.296 e. The van der Waals surface area contributed by atoms with Crippen molar-refractivity contribution < 1.29 is 0 Å². The molecular formula is C11H19ClN4. The summed E-state index contributed by atoms with van der Waals surface area (Å²) in [6, 6.07) is 0. The minimum atomic E-state index is 0.657. The third-order valence-electron chi connectivity index (χ3n) is 3.08. The molecule has 0 amide bonds. The fraction of sp³-hybridized carbons (Fsp3) is 0.818. The second-order valence-electron chi connectivity index (χ2n) is 4.44. The minimum absolute atomic E-state index is 0.657. The van der Waals surface area contributed by atoms with Crippen LogP contribution in [0.3, 0.4) is 0 Å². The van der Waals surface area contributed by atoms with Crippen LogP contribution < -0.4 is 0 Å². The maximum Gasteiger partial charge on any atom is 0.141 e. The normalized spacial score (nSPS) is 21.8. The summed E-state index contributed by atoms with van der Waals surface area (Å²) in [5.41, 5.74) is 0. The summed E-state index contributed by atoms with van der Waals surface area (Å²) in [5, 5.41) is 4.24. The van der Waals surface area contributed by atoms with Gasteiger partial charge in [-0.2, -0.15) is 5.10 Å². The molecule has 5 heteroatoms. The quantitative estimate of drug-likeness (QED) is 0.738. The van der Waals surface area contributed by atoms with Crippen LogP contribution in [-0.2, 0) is 13.1 Å². The lowest BCUT2D eigenvalue weighted by atomic mass is 10.2. The topological polar surface area (TPSA) is 34.0 Å². The molecular weight excluding hydrogens is 224 g/mol. The summed E-state index contributed by atoms with van der Waals surface area (Å²) in [5.74, 6) is 2.51. The number of aryl methyl sites for hydroxylation is 1. The molecule has 1 aromatic heterocycles. The van der Waals surface area contributed by atoms with E-state index in [0.717, 1.165) is 44.3 Å². The minimum Gasteiger partial charge on any atom is -0.296 e. The Hall–Kier alpha value is -0.610. The highest BCUT2D eigenvalue weighted by molar-refractivity contribution is 6.18. The zero-order chi connectivity index (χ0) is 11.4. The Morgan fingerprint density at radius 3 is 3.12 bits per heavy atom. The van der Waals surface area contributed by atoms with E-state index in [4.69, 9.17) is 11.6 Å². The van der Waals surface area contributed by atoms with Crippen molar-refractivity contribution in [2.75, 3.05) is 19.0 Å². The highest BCUT2D eigenvalue weighted by atomic mass is 35.5. The SMILES string of the molecule is CCCn1ncnc1CN1CCC(CCl)C1. The van der Waals surface area contributed by atoms with Gasteiger partial charge in [-0.25, -0.2) is 9.67 Å². The Balaban J connectivity index is 1.91. The zero-order valence-corrected chi connectivity index (χ0v) is 10.5. The van der Waals surface area contributed by atoms with Gasteiger partial charge in [-0.05, 0) is 25.3 Å². The van der Waals surface area contributed by atoms with Gasteiger partial charge in [0.1, 0.15) is 12.2 Å². The van der Waals surface area contributed by atoms with Gasteiger partial charge in [0.25, 0.3) is 0 Å². The van der Waals surface area contributed by atoms with Gasteiger partial charge in [0.2, 0.25) is 0 Å². The first-order valence-electron chi connectivity index (χ1n) is 5.98. The Morgan fingerprint density at radius 1 is 1.56 bits per heavy atom. The average molecular weight is 243 g/mol. The number of hydrogen-bond donors (Lipinski definition) is 0. The first kappa shape index (κ1) is 11.9. The molecule has 90 valence electrons. The third kappa shape index (κ3) is 2.74. The van der Waals surface area contributed by atoms with Crippen LogP contribution in [0.25, 0.3) is 0 Å². The van der Waals surface area contributed by atoms with Crippen LogP contribution in [0.2, 0.25) is 0 Å². The molecule has 0 aliphatic carbocycles. The number of halogens is 1. The molecule has 0 saturated carbocycles. The average Bonchev–Trinajstić information content (AvgIpc) is 2.90. The van der Waals surface area contributed by atoms with E-state index in [1.165, 1.54) is 6.42 Å². The molecule has 0 radical (unpaired) electrons. The number of nitrogens with zero attached hydrogens (tertiary/aromatic N) is 4. The number of alkyl halides is 1. The van der Waals surface area contributed by atoms with E-state index >= 15 is 0 Å². The van der Waals surface area contributed by atoms with E-state index in [1.54, 1.807) is 6.33 Å². The van der Waals surface area contributed by atoms with Crippen LogP contribution in [0.15, 0.2) is 6.33 Å². The van der Waals surface area contributed by atoms with E-state index in [9.17, 15) is 0 Å². The maximum atomic E-state index is 5.88. The molecule has 0 spiro atoms. The van der Waals surface area contributed by atoms with E-state index in [-0.39, 0.29) is 0 Å². The molecule has 4 nitrogen and oxygen atoms in total. The maximum absolute atomic E-state index is 5.88. The van der Waals surface area contributed by atoms with E-state index in [2.05, 4.69) is 21.9 Å². The van der Waals surface area contributed by atoms with Gasteiger partial charge in [-0.15, -0.1) is 11.6 Å². The molecule has 0 N–H and O–H groups in total. The highest BCUT2D eigenvalue weighted by Gasteiger charge is 2.22. The van der Waals surface area contributed by atoms with Gasteiger partial charge in [-0.3, -0.25) is 4.90 Å². The van der Waals surface area contributed by atoms with Crippen molar-refractivity contribution in [3.8, 4) is 0 Å². The first-order valence-corrected chi connectivity index (χ1v) is 6.52. The van der Waals surface area contributed by atoms with Gasteiger partial charge in [0.05, 0.1) is 6.54 Å². The summed E-state index contributed by atoms with van der Waals surface area (Å²) >= 11 is 5.88. The van der Waals surface area contributed by atoms with Gasteiger partial charge < -0.3 is 0 Å². The summed E-state index contributed by atoms with van der Waals surface area (Å²) in [6.45, 7) is 6.26. The molecule has 1 unspecified atom stereocenters. The van der Waals surface area contributed by atoms with E-state index < -0.39 is 0 Å². The fourth-order valence-electron chi connectivity index (χ4n) is 2.19. The van der Waals surface area contributed by atoms with Crippen LogP contribution in [-0.4, -0.2) is 38.6 Å². The molecule has 1 aliphatic heterocycles. The smallest absolute Gasteiger partial charge is 0.141 e. The fourth-order valence-corrected chi connectivity index (χ4v) is 2.44. The molecule has 1 atom stereocenters. The molecule has 16 heavy (non-hydrogen) atoms. The summed E-state index contributed by atoms with van der Waals surface area (Å²) < 4.78 is 2.01. The number of hydrogen-bond acceptors (Lipinski definition) is 3. The van der Waals surface area contributed by atoms with Crippen LogP contribution >= 0.6 is 11.6 Å². The van der Waals surface area contributed by atoms with Crippen molar-refractivity contribution >= 4 is 11.6 Å². The summed E-state index contributed by atoms with van der Waals surface area (Å²) in [7, 11) is 0. The van der Waals surface area contributed by atoms with Crippen LogP contribution in [0.5, 0.6) is 0 Å². The van der Waals surface area contributed by atoms with Crippen molar-refractivity contribution in [2.24, 2.45) is 5.92 Å². The predicted octanol–water partition coefficient (Wildman–Crippen LogP) is 1.75. The summed E-state index contributed by atoms with van der Waals surface area (Å²) in [4.78, 5) is 6.75. The molecule has 1 aliphatic rings. The number of rotatable bonds is 5. The summed E-state index contributed by atoms with van der Waals surface area (Å²) in [6.07, 6.45) is 3.96. The van der Waals surface area contributed by atoms with Crippen molar-refractivity contribution in [3.05, 3.63) is 12.2 Å². The van der Waals surface area contributed by atoms with Crippen molar-refractivity contribution in [2.45, 2.75) is 32.9 Å². The number of aromatic nitrogens is 3. The molecule has 2 rings (SSSR count). The van der Waals surface area contributed by atoms with Gasteiger partial charge >= 0.3 is 0 Å². The molecule has 1 saturated heterocycles. The second kappa shape index (κ2) is 5.64. The number of likely N-dealkylation sites (tertiary alicyclic amines) is 1. The van der Waals surface area contributed by atoms with Crippen molar-refractivity contribution in [1.82, 2.24) is 19.7 Å². The first-order chi connectivity index (χ1) is 7.83. The lowest BCUT2D eigenvalue weighted by Gasteiger charge is -2.15.